The Kier molecular flexibility index (Phi) is 10.0. The predicted octanol–water partition coefficient (Wildman–Crippen LogP) is 4.67. The Hall–Kier alpha value is -2.48. The summed E-state index contributed by atoms with van der Waals surface area (Å²) in [7, 11) is 3.24. The zero-order valence-corrected chi connectivity index (χ0v) is 22.1. The quantitative estimate of drug-likeness (QED) is 0.480. The molecule has 192 valence electrons. The molecule has 1 atom stereocenters. The normalized spacial score (nSPS) is 16.4. The zero-order valence-electron chi connectivity index (χ0n) is 22.1. The van der Waals surface area contributed by atoms with Crippen molar-refractivity contribution < 1.29 is 28.5 Å². The van der Waals surface area contributed by atoms with Crippen molar-refractivity contribution in [2.45, 2.75) is 78.5 Å². The summed E-state index contributed by atoms with van der Waals surface area (Å²) >= 11 is 0. The van der Waals surface area contributed by atoms with Crippen molar-refractivity contribution in [3.05, 3.63) is 23.3 Å². The summed E-state index contributed by atoms with van der Waals surface area (Å²) in [4.78, 5) is 30.1. The minimum absolute atomic E-state index is 0.0383. The van der Waals surface area contributed by atoms with Gasteiger partial charge in [0.1, 0.15) is 5.60 Å². The van der Waals surface area contributed by atoms with Crippen molar-refractivity contribution in [2.75, 3.05) is 40.5 Å². The topological polar surface area (TPSA) is 77.5 Å². The summed E-state index contributed by atoms with van der Waals surface area (Å²) in [5.41, 5.74) is 0.759. The van der Waals surface area contributed by atoms with Gasteiger partial charge in [0.05, 0.1) is 19.8 Å². The fraction of sp³-hybridized carbons (Fsp3) is 0.692. The maximum Gasteiger partial charge on any atom is 0.410 e. The Morgan fingerprint density at radius 3 is 2.47 bits per heavy atom. The number of rotatable bonds is 9. The second-order valence-corrected chi connectivity index (χ2v) is 9.99. The molecule has 1 aliphatic heterocycles. The van der Waals surface area contributed by atoms with Crippen LogP contribution < -0.4 is 9.47 Å². The lowest BCUT2D eigenvalue weighted by atomic mass is 9.99. The van der Waals surface area contributed by atoms with Crippen molar-refractivity contribution >= 4 is 12.0 Å². The minimum atomic E-state index is -0.558. The van der Waals surface area contributed by atoms with Crippen molar-refractivity contribution in [1.29, 1.82) is 0 Å². The number of ether oxygens (including phenoxy) is 4. The summed E-state index contributed by atoms with van der Waals surface area (Å²) in [6, 6.07) is 3.44. The number of hydrogen-bond acceptors (Lipinski definition) is 6. The van der Waals surface area contributed by atoms with Gasteiger partial charge in [-0.2, -0.15) is 0 Å². The van der Waals surface area contributed by atoms with E-state index in [1.807, 2.05) is 46.4 Å². The second-order valence-electron chi connectivity index (χ2n) is 9.99. The second kappa shape index (κ2) is 12.3. The molecular formula is C26H42N2O6. The molecule has 0 radical (unpaired) electrons. The van der Waals surface area contributed by atoms with E-state index in [1.54, 1.807) is 31.3 Å². The summed E-state index contributed by atoms with van der Waals surface area (Å²) in [6.45, 7) is 13.6. The molecule has 1 heterocycles. The fourth-order valence-electron chi connectivity index (χ4n) is 4.25. The van der Waals surface area contributed by atoms with Crippen LogP contribution in [0, 0.1) is 6.92 Å². The van der Waals surface area contributed by atoms with Crippen molar-refractivity contribution in [2.24, 2.45) is 0 Å². The molecule has 8 heteroatoms. The molecule has 34 heavy (non-hydrogen) atoms. The van der Waals surface area contributed by atoms with Gasteiger partial charge in [0.2, 0.25) is 0 Å². The summed E-state index contributed by atoms with van der Waals surface area (Å²) in [5, 5.41) is 0. The number of amides is 2. The summed E-state index contributed by atoms with van der Waals surface area (Å²) in [5.74, 6) is 1.09. The van der Waals surface area contributed by atoms with Crippen LogP contribution in [0.4, 0.5) is 4.79 Å². The predicted molar refractivity (Wildman–Crippen MR) is 132 cm³/mol. The molecule has 0 spiro atoms. The highest BCUT2D eigenvalue weighted by molar-refractivity contribution is 5.97. The average Bonchev–Trinajstić information content (AvgIpc) is 2.76. The van der Waals surface area contributed by atoms with Crippen molar-refractivity contribution in [3.63, 3.8) is 0 Å². The van der Waals surface area contributed by atoms with Gasteiger partial charge in [-0.15, -0.1) is 0 Å². The van der Waals surface area contributed by atoms with E-state index in [0.29, 0.717) is 43.4 Å². The summed E-state index contributed by atoms with van der Waals surface area (Å²) < 4.78 is 22.1. The first-order chi connectivity index (χ1) is 16.0. The van der Waals surface area contributed by atoms with Crippen molar-refractivity contribution in [1.82, 2.24) is 9.80 Å². The van der Waals surface area contributed by atoms with Crippen LogP contribution in [0.5, 0.6) is 11.5 Å². The van der Waals surface area contributed by atoms with E-state index in [-0.39, 0.29) is 24.1 Å². The minimum Gasteiger partial charge on any atom is -0.493 e. The van der Waals surface area contributed by atoms with Gasteiger partial charge in [-0.1, -0.05) is 0 Å². The lowest BCUT2D eigenvalue weighted by molar-refractivity contribution is 0.00750. The number of carbonyl (C=O) groups excluding carboxylic acids is 2. The Balaban J connectivity index is 2.27. The molecule has 0 unspecified atom stereocenters. The van der Waals surface area contributed by atoms with Gasteiger partial charge in [-0.3, -0.25) is 4.79 Å². The molecule has 1 aromatic carbocycles. The van der Waals surface area contributed by atoms with Crippen LogP contribution >= 0.6 is 0 Å². The number of benzene rings is 1. The smallest absolute Gasteiger partial charge is 0.410 e. The monoisotopic (exact) mass is 478 g/mol. The van der Waals surface area contributed by atoms with Crippen molar-refractivity contribution in [3.8, 4) is 11.5 Å². The van der Waals surface area contributed by atoms with E-state index in [2.05, 4.69) is 0 Å². The van der Waals surface area contributed by atoms with E-state index in [9.17, 15) is 9.59 Å². The number of nitrogens with zero attached hydrogens (tertiary/aromatic N) is 2. The lowest BCUT2D eigenvalue weighted by Crippen LogP contribution is -2.54. The van der Waals surface area contributed by atoms with Gasteiger partial charge in [0.25, 0.3) is 5.91 Å². The first kappa shape index (κ1) is 27.8. The first-order valence-corrected chi connectivity index (χ1v) is 12.1. The molecule has 1 fully saturated rings. The molecule has 2 amide bonds. The van der Waals surface area contributed by atoms with Crippen LogP contribution in [-0.4, -0.2) is 80.0 Å². The molecule has 0 aliphatic carbocycles. The molecule has 1 saturated heterocycles. The Bertz CT molecular complexity index is 833. The van der Waals surface area contributed by atoms with E-state index in [1.165, 1.54) is 0 Å². The van der Waals surface area contributed by atoms with E-state index >= 15 is 0 Å². The molecule has 1 aliphatic rings. The lowest BCUT2D eigenvalue weighted by Gasteiger charge is -2.41. The Labute approximate surface area is 204 Å². The van der Waals surface area contributed by atoms with Crippen LogP contribution in [0.2, 0.25) is 0 Å². The van der Waals surface area contributed by atoms with E-state index in [0.717, 1.165) is 24.8 Å². The van der Waals surface area contributed by atoms with Gasteiger partial charge < -0.3 is 28.7 Å². The van der Waals surface area contributed by atoms with Crippen LogP contribution in [0.25, 0.3) is 0 Å². The maximum absolute atomic E-state index is 13.8. The van der Waals surface area contributed by atoms with Gasteiger partial charge >= 0.3 is 6.09 Å². The molecule has 0 N–H and O–H groups in total. The molecule has 1 aromatic rings. The number of hydrogen-bond donors (Lipinski definition) is 0. The average molecular weight is 479 g/mol. The molecule has 8 nitrogen and oxygen atoms in total. The zero-order chi connectivity index (χ0) is 25.5. The van der Waals surface area contributed by atoms with Gasteiger partial charge in [-0.05, 0) is 66.5 Å². The maximum atomic E-state index is 13.8. The molecule has 2 rings (SSSR count). The third-order valence-corrected chi connectivity index (χ3v) is 5.79. The Morgan fingerprint density at radius 2 is 1.88 bits per heavy atom. The van der Waals surface area contributed by atoms with E-state index < -0.39 is 5.60 Å². The van der Waals surface area contributed by atoms with Crippen LogP contribution in [0.1, 0.15) is 69.8 Å². The third-order valence-electron chi connectivity index (χ3n) is 5.79. The van der Waals surface area contributed by atoms with Gasteiger partial charge in [0.15, 0.2) is 11.5 Å². The number of piperidine rings is 1. The Morgan fingerprint density at radius 1 is 1.18 bits per heavy atom. The molecular weight excluding hydrogens is 436 g/mol. The summed E-state index contributed by atoms with van der Waals surface area (Å²) in [6.07, 6.45) is 2.05. The van der Waals surface area contributed by atoms with Crippen LogP contribution in [-0.2, 0) is 9.47 Å². The van der Waals surface area contributed by atoms with Gasteiger partial charge in [-0.25, -0.2) is 4.79 Å². The largest absolute Gasteiger partial charge is 0.493 e. The number of carbonyl (C=O) groups is 2. The van der Waals surface area contributed by atoms with Crippen LogP contribution in [0.3, 0.4) is 0 Å². The first-order valence-electron chi connectivity index (χ1n) is 12.1. The number of likely N-dealkylation sites (tertiary alicyclic amines) is 1. The third kappa shape index (κ3) is 7.26. The van der Waals surface area contributed by atoms with Gasteiger partial charge in [0, 0.05) is 50.4 Å². The molecule has 0 aromatic heterocycles. The van der Waals surface area contributed by atoms with E-state index in [4.69, 9.17) is 18.9 Å². The highest BCUT2D eigenvalue weighted by Crippen LogP contribution is 2.35. The fourth-order valence-corrected chi connectivity index (χ4v) is 4.25. The SMILES string of the molecule is COCCCOc1c(OC)ccc(C(=O)N(C(C)C)[C@@H]2CCCN(C(=O)OC(C)(C)C)C2)c1C. The molecule has 0 bridgehead atoms. The van der Waals surface area contributed by atoms with Crippen LogP contribution in [0.15, 0.2) is 12.1 Å². The highest BCUT2D eigenvalue weighted by Gasteiger charge is 2.35. The highest BCUT2D eigenvalue weighted by atomic mass is 16.6. The number of methoxy groups -OCH3 is 2. The molecule has 0 saturated carbocycles. The standard InChI is InChI=1S/C26H42N2O6/c1-18(2)28(20-11-9-14-27(17-20)25(30)34-26(4,5)6)24(29)21-12-13-22(32-8)23(19(21)3)33-16-10-15-31-7/h12-13,18,20H,9-11,14-17H2,1-8H3/t20-/m1/s1.